The van der Waals surface area contributed by atoms with Gasteiger partial charge in [0.2, 0.25) is 6.29 Å². The fourth-order valence-electron chi connectivity index (χ4n) is 1.52. The molecule has 0 heterocycles. The third kappa shape index (κ3) is 9.22. The maximum absolute atomic E-state index is 5.21. The van der Waals surface area contributed by atoms with Crippen molar-refractivity contribution in [2.75, 3.05) is 32.7 Å². The molecule has 0 aromatic rings. The first kappa shape index (κ1) is 17.2. The third-order valence-corrected chi connectivity index (χ3v) is 2.27. The number of nitrogens with one attached hydrogen (secondary N) is 6. The molecule has 0 aromatic heterocycles. The van der Waals surface area contributed by atoms with Gasteiger partial charge >= 0.3 is 0 Å². The van der Waals surface area contributed by atoms with Crippen LogP contribution in [-0.4, -0.2) is 45.3 Å². The van der Waals surface area contributed by atoms with E-state index in [-0.39, 0.29) is 12.6 Å². The van der Waals surface area contributed by atoms with E-state index in [4.69, 9.17) is 6.42 Å². The van der Waals surface area contributed by atoms with Crippen molar-refractivity contribution in [1.82, 2.24) is 21.3 Å². The highest BCUT2D eigenvalue weighted by atomic mass is 15.3. The van der Waals surface area contributed by atoms with E-state index in [1.165, 1.54) is 0 Å². The molecule has 1 unspecified atom stereocenters. The van der Waals surface area contributed by atoms with Crippen LogP contribution in [0.4, 0.5) is 0 Å². The van der Waals surface area contributed by atoms with Crippen molar-refractivity contribution in [3.05, 3.63) is 0 Å². The predicted molar refractivity (Wildman–Crippen MR) is 72.2 cm³/mol. The van der Waals surface area contributed by atoms with Crippen LogP contribution in [0.2, 0.25) is 0 Å². The van der Waals surface area contributed by atoms with E-state index in [0.29, 0.717) is 0 Å². The molecule has 0 amide bonds. The van der Waals surface area contributed by atoms with E-state index in [9.17, 15) is 0 Å². The molecule has 0 aliphatic heterocycles. The van der Waals surface area contributed by atoms with Crippen LogP contribution < -0.4 is 31.9 Å². The van der Waals surface area contributed by atoms with Crippen molar-refractivity contribution >= 4 is 0 Å². The largest absolute Gasteiger partial charge is 0.278 e. The van der Waals surface area contributed by atoms with Crippen LogP contribution >= 0.6 is 0 Å². The molecule has 0 saturated carbocycles. The topological polar surface area (TPSA) is 79.3 Å². The Hall–Kier alpha value is -0.840. The number of terminal acetylenes is 1. The lowest BCUT2D eigenvalue weighted by atomic mass is 10.5. The van der Waals surface area contributed by atoms with Gasteiger partial charge in [-0.1, -0.05) is 13.3 Å². The Balaban J connectivity index is 3.70. The molecule has 0 fully saturated rings. The SMILES string of the molecule is C#CNC(NCCNC(NCC)[NH+]CC)[NH+]CC. The Morgan fingerprint density at radius 1 is 0.944 bits per heavy atom. The van der Waals surface area contributed by atoms with Gasteiger partial charge in [0.1, 0.15) is 13.1 Å². The van der Waals surface area contributed by atoms with Gasteiger partial charge in [0.05, 0.1) is 0 Å². The lowest BCUT2D eigenvalue weighted by Gasteiger charge is -2.15. The molecule has 0 aliphatic rings. The van der Waals surface area contributed by atoms with Gasteiger partial charge in [-0.05, 0) is 20.4 Å². The highest BCUT2D eigenvalue weighted by molar-refractivity contribution is 4.80. The zero-order chi connectivity index (χ0) is 13.6. The van der Waals surface area contributed by atoms with Gasteiger partial charge in [-0.25, -0.2) is 10.6 Å². The Kier molecular flexibility index (Phi) is 12.0. The van der Waals surface area contributed by atoms with Crippen LogP contribution in [0.15, 0.2) is 0 Å². The zero-order valence-electron chi connectivity index (χ0n) is 11.8. The van der Waals surface area contributed by atoms with Crippen LogP contribution in [0.25, 0.3) is 0 Å². The highest BCUT2D eigenvalue weighted by Gasteiger charge is 2.13. The summed E-state index contributed by atoms with van der Waals surface area (Å²) < 4.78 is 0. The van der Waals surface area contributed by atoms with Crippen molar-refractivity contribution < 1.29 is 10.6 Å². The first-order chi connectivity index (χ1) is 8.78. The van der Waals surface area contributed by atoms with E-state index in [1.807, 2.05) is 6.92 Å². The van der Waals surface area contributed by atoms with Crippen molar-refractivity contribution in [2.45, 2.75) is 33.4 Å². The zero-order valence-corrected chi connectivity index (χ0v) is 11.8. The Morgan fingerprint density at radius 3 is 2.00 bits per heavy atom. The second-order valence-corrected chi connectivity index (χ2v) is 3.74. The van der Waals surface area contributed by atoms with Crippen LogP contribution in [0.3, 0.4) is 0 Å². The van der Waals surface area contributed by atoms with E-state index < -0.39 is 0 Å². The lowest BCUT2D eigenvalue weighted by Crippen LogP contribution is -2.97. The fraction of sp³-hybridized carbons (Fsp3) is 0.833. The van der Waals surface area contributed by atoms with Crippen molar-refractivity contribution in [3.8, 4) is 12.5 Å². The first-order valence-corrected chi connectivity index (χ1v) is 6.66. The first-order valence-electron chi connectivity index (χ1n) is 6.66. The molecular formula is C12H28N6+2. The van der Waals surface area contributed by atoms with E-state index in [2.05, 4.69) is 51.8 Å². The summed E-state index contributed by atoms with van der Waals surface area (Å²) in [6.45, 7) is 10.6. The third-order valence-electron chi connectivity index (χ3n) is 2.27. The highest BCUT2D eigenvalue weighted by Crippen LogP contribution is 1.66. The number of hydrogen-bond donors (Lipinski definition) is 6. The summed E-state index contributed by atoms with van der Waals surface area (Å²) in [5, 5.41) is 19.3. The minimum Gasteiger partial charge on any atom is -0.278 e. The maximum Gasteiger partial charge on any atom is 0.269 e. The average molecular weight is 256 g/mol. The molecule has 6 heteroatoms. The Labute approximate surface area is 111 Å². The predicted octanol–water partition coefficient (Wildman–Crippen LogP) is -3.74. The molecule has 1 atom stereocenters. The summed E-state index contributed by atoms with van der Waals surface area (Å²) in [5.41, 5.74) is 0. The normalized spacial score (nSPS) is 13.9. The molecule has 6 nitrogen and oxygen atoms in total. The molecule has 6 N–H and O–H groups in total. The van der Waals surface area contributed by atoms with Crippen molar-refractivity contribution in [2.24, 2.45) is 0 Å². The van der Waals surface area contributed by atoms with Crippen LogP contribution in [0, 0.1) is 12.5 Å². The summed E-state index contributed by atoms with van der Waals surface area (Å²) in [5.74, 6) is 0. The quantitative estimate of drug-likeness (QED) is 0.0939. The fourth-order valence-corrected chi connectivity index (χ4v) is 1.52. The summed E-state index contributed by atoms with van der Waals surface area (Å²) >= 11 is 0. The average Bonchev–Trinajstić information content (AvgIpc) is 2.35. The van der Waals surface area contributed by atoms with Crippen molar-refractivity contribution in [3.63, 3.8) is 0 Å². The van der Waals surface area contributed by atoms with Crippen LogP contribution in [-0.2, 0) is 0 Å². The van der Waals surface area contributed by atoms with Gasteiger partial charge < -0.3 is 0 Å². The number of rotatable bonds is 12. The molecule has 104 valence electrons. The van der Waals surface area contributed by atoms with Crippen LogP contribution in [0.1, 0.15) is 20.8 Å². The monoisotopic (exact) mass is 256 g/mol. The minimum atomic E-state index is -0.0430. The second-order valence-electron chi connectivity index (χ2n) is 3.74. The Bertz CT molecular complexity index is 209. The molecule has 0 rings (SSSR count). The summed E-state index contributed by atoms with van der Waals surface area (Å²) in [7, 11) is 0. The summed E-state index contributed by atoms with van der Waals surface area (Å²) in [4.78, 5) is 0. The molecule has 0 spiro atoms. The Morgan fingerprint density at radius 2 is 1.50 bits per heavy atom. The molecule has 0 aromatic carbocycles. The van der Waals surface area contributed by atoms with Crippen LogP contribution in [0.5, 0.6) is 0 Å². The van der Waals surface area contributed by atoms with E-state index >= 15 is 0 Å². The summed E-state index contributed by atoms with van der Waals surface area (Å²) in [6, 6.07) is 2.42. The maximum atomic E-state index is 5.21. The van der Waals surface area contributed by atoms with Gasteiger partial charge in [0.15, 0.2) is 0 Å². The molecule has 2 radical (unpaired) electrons. The smallest absolute Gasteiger partial charge is 0.269 e. The van der Waals surface area contributed by atoms with E-state index in [1.54, 1.807) is 0 Å². The second kappa shape index (κ2) is 12.6. The molecule has 0 saturated heterocycles. The summed E-state index contributed by atoms with van der Waals surface area (Å²) in [6.07, 6.45) is 5.32. The van der Waals surface area contributed by atoms with Gasteiger partial charge in [-0.3, -0.25) is 10.6 Å². The van der Waals surface area contributed by atoms with E-state index in [0.717, 1.165) is 32.7 Å². The van der Waals surface area contributed by atoms with Gasteiger partial charge in [-0.2, -0.15) is 5.32 Å². The molecular weight excluding hydrogens is 228 g/mol. The molecule has 0 aliphatic carbocycles. The van der Waals surface area contributed by atoms with Gasteiger partial charge in [-0.15, -0.1) is 5.32 Å². The number of hydrogen-bond acceptors (Lipinski definition) is 6. The standard InChI is InChI=1S/C12H28N6/c1-5-13-11(14-6-2)17-9-10-18-12(15-7-3)16-8-4/h1,11-18H,6-10H2,2-4H3/q+2. The molecule has 18 heavy (non-hydrogen) atoms. The lowest BCUT2D eigenvalue weighted by molar-refractivity contribution is -0.698. The van der Waals surface area contributed by atoms with Gasteiger partial charge in [0, 0.05) is 19.1 Å². The molecule has 0 bridgehead atoms. The minimum absolute atomic E-state index is 0.0430. The van der Waals surface area contributed by atoms with Crippen molar-refractivity contribution in [1.29, 1.82) is 0 Å². The van der Waals surface area contributed by atoms with Gasteiger partial charge in [0.25, 0.3) is 6.29 Å².